The number of hydrogen-bond donors (Lipinski definition) is 0. The lowest BCUT2D eigenvalue weighted by atomic mass is 10.0. The Kier molecular flexibility index (Phi) is 9.49. The van der Waals surface area contributed by atoms with Crippen LogP contribution in [0.1, 0.15) is 39.8 Å². The minimum Gasteiger partial charge on any atom is -0.462 e. The molecule has 0 saturated carbocycles. The molecule has 1 aromatic heterocycles. The van der Waals surface area contributed by atoms with Gasteiger partial charge in [-0.3, -0.25) is 0 Å². The molecule has 4 rings (SSSR count). The largest absolute Gasteiger partial charge is 0.462 e. The van der Waals surface area contributed by atoms with Crippen molar-refractivity contribution in [3.8, 4) is 0 Å². The van der Waals surface area contributed by atoms with E-state index < -0.39 is 17.7 Å². The van der Waals surface area contributed by atoms with Crippen LogP contribution in [0, 0.1) is 13.8 Å². The molecule has 2 heterocycles. The predicted octanol–water partition coefficient (Wildman–Crippen LogP) is 6.16. The number of halogens is 5. The summed E-state index contributed by atoms with van der Waals surface area (Å²) in [5.41, 5.74) is 2.41. The van der Waals surface area contributed by atoms with Gasteiger partial charge >= 0.3 is 12.1 Å². The zero-order valence-corrected chi connectivity index (χ0v) is 21.8. The zero-order chi connectivity index (χ0) is 26.5. The van der Waals surface area contributed by atoms with Crippen LogP contribution in [0.25, 0.3) is 11.0 Å². The molecule has 0 spiro atoms. The van der Waals surface area contributed by atoms with Crippen molar-refractivity contribution in [2.75, 3.05) is 43.1 Å². The summed E-state index contributed by atoms with van der Waals surface area (Å²) in [5.74, 6) is 0.129. The lowest BCUT2D eigenvalue weighted by Gasteiger charge is -2.29. The van der Waals surface area contributed by atoms with Crippen molar-refractivity contribution in [1.82, 2.24) is 9.55 Å². The van der Waals surface area contributed by atoms with Gasteiger partial charge in [-0.05, 0) is 50.1 Å². The highest BCUT2D eigenvalue weighted by Crippen LogP contribution is 2.34. The quantitative estimate of drug-likeness (QED) is 0.284. The van der Waals surface area contributed by atoms with Crippen LogP contribution < -0.4 is 4.90 Å². The molecule has 36 heavy (non-hydrogen) atoms. The van der Waals surface area contributed by atoms with Gasteiger partial charge in [0.2, 0.25) is 0 Å². The number of imidazole rings is 1. The van der Waals surface area contributed by atoms with E-state index in [4.69, 9.17) is 32.7 Å². The molecule has 0 aliphatic carbocycles. The summed E-state index contributed by atoms with van der Waals surface area (Å²) in [5, 5.41) is 0.194. The Morgan fingerprint density at radius 1 is 1.17 bits per heavy atom. The van der Waals surface area contributed by atoms with Crippen molar-refractivity contribution in [3.05, 3.63) is 58.4 Å². The highest BCUT2D eigenvalue weighted by Gasteiger charge is 2.33. The monoisotopic (exact) mass is 545 g/mol. The highest BCUT2D eigenvalue weighted by molar-refractivity contribution is 6.40. The number of anilines is 1. The number of aromatic nitrogens is 2. The van der Waals surface area contributed by atoms with Crippen molar-refractivity contribution in [2.24, 2.45) is 0 Å². The molecule has 3 aromatic rings. The molecule has 196 valence electrons. The normalized spacial score (nSPS) is 13.9. The van der Waals surface area contributed by atoms with Crippen molar-refractivity contribution in [1.29, 1.82) is 0 Å². The summed E-state index contributed by atoms with van der Waals surface area (Å²) in [4.78, 5) is 19.5. The van der Waals surface area contributed by atoms with Crippen LogP contribution in [0.4, 0.5) is 18.9 Å². The minimum absolute atomic E-state index is 0.182. The van der Waals surface area contributed by atoms with Gasteiger partial charge in [0, 0.05) is 25.3 Å². The van der Waals surface area contributed by atoms with Crippen molar-refractivity contribution >= 4 is 45.9 Å². The fraction of sp³-hybridized carbons (Fsp3) is 0.440. The molecule has 0 bridgehead atoms. The van der Waals surface area contributed by atoms with Gasteiger partial charge in [-0.25, -0.2) is 9.78 Å². The van der Waals surface area contributed by atoms with Crippen molar-refractivity contribution in [2.45, 2.75) is 33.5 Å². The molecule has 0 amide bonds. The second kappa shape index (κ2) is 12.2. The van der Waals surface area contributed by atoms with Crippen LogP contribution in [0.3, 0.4) is 0 Å². The van der Waals surface area contributed by atoms with Gasteiger partial charge in [0.1, 0.15) is 11.3 Å². The first-order chi connectivity index (χ1) is 17.1. The fourth-order valence-corrected chi connectivity index (χ4v) is 4.22. The van der Waals surface area contributed by atoms with E-state index >= 15 is 0 Å². The Bertz CT molecular complexity index is 1210. The topological polar surface area (TPSA) is 56.6 Å². The average Bonchev–Trinajstić information content (AvgIpc) is 3.15. The molecule has 1 saturated heterocycles. The average molecular weight is 546 g/mol. The molecular formula is C25H28Cl2F3N3O3. The lowest BCUT2D eigenvalue weighted by Crippen LogP contribution is -2.36. The predicted molar refractivity (Wildman–Crippen MR) is 135 cm³/mol. The fourth-order valence-electron chi connectivity index (χ4n) is 4.22. The van der Waals surface area contributed by atoms with Crippen LogP contribution >= 0.6 is 23.2 Å². The second-order valence-corrected chi connectivity index (χ2v) is 8.92. The Morgan fingerprint density at radius 3 is 2.44 bits per heavy atom. The Hall–Kier alpha value is -2.49. The number of rotatable bonds is 5. The van der Waals surface area contributed by atoms with Crippen LogP contribution in [-0.4, -0.2) is 53.8 Å². The summed E-state index contributed by atoms with van der Waals surface area (Å²) < 4.78 is 52.8. The van der Waals surface area contributed by atoms with E-state index in [1.165, 1.54) is 13.0 Å². The van der Waals surface area contributed by atoms with Gasteiger partial charge in [0.05, 0.1) is 41.8 Å². The maximum Gasteiger partial charge on any atom is 0.416 e. The third-order valence-electron chi connectivity index (χ3n) is 5.98. The van der Waals surface area contributed by atoms with E-state index in [0.717, 1.165) is 11.8 Å². The van der Waals surface area contributed by atoms with Crippen LogP contribution in [0.15, 0.2) is 30.3 Å². The molecule has 11 heteroatoms. The summed E-state index contributed by atoms with van der Waals surface area (Å²) in [6.45, 7) is 7.94. The van der Waals surface area contributed by atoms with E-state index in [-0.39, 0.29) is 24.1 Å². The summed E-state index contributed by atoms with van der Waals surface area (Å²) in [6, 6.07) is 7.91. The third-order valence-corrected chi connectivity index (χ3v) is 5.98. The van der Waals surface area contributed by atoms with E-state index in [0.29, 0.717) is 54.3 Å². The molecule has 0 radical (unpaired) electrons. The molecule has 0 unspecified atom stereocenters. The highest BCUT2D eigenvalue weighted by atomic mass is 35.5. The number of benzene rings is 2. The SMILES string of the molecule is CCOC(=O)c1cc(N2CCOCC2)cc2c1nc(C)n2Cc1cccc(C(F)(F)F)c1C.ClCCl. The molecule has 6 nitrogen and oxygen atoms in total. The number of hydrogen-bond acceptors (Lipinski definition) is 5. The van der Waals surface area contributed by atoms with Gasteiger partial charge in [-0.1, -0.05) is 12.1 Å². The summed E-state index contributed by atoms with van der Waals surface area (Å²) >= 11 is 9.53. The zero-order valence-electron chi connectivity index (χ0n) is 20.3. The first-order valence-electron chi connectivity index (χ1n) is 11.4. The maximum absolute atomic E-state index is 13.4. The molecule has 0 N–H and O–H groups in total. The standard InChI is InChI=1S/C24H26F3N3O3.CH2Cl2/c1-4-33-23(31)19-12-18(29-8-10-32-11-9-29)13-21-22(19)28-16(3)30(21)14-17-6-5-7-20(15(17)2)24(25,26)27;2-1-3/h5-7,12-13H,4,8-11,14H2,1-3H3;1H2. The number of carbonyl (C=O) groups excluding carboxylic acids is 1. The van der Waals surface area contributed by atoms with Crippen LogP contribution in [-0.2, 0) is 22.2 Å². The van der Waals surface area contributed by atoms with Gasteiger partial charge in [0.15, 0.2) is 0 Å². The van der Waals surface area contributed by atoms with Gasteiger partial charge in [-0.15, -0.1) is 23.2 Å². The molecule has 1 aliphatic rings. The maximum atomic E-state index is 13.4. The molecule has 1 fully saturated rings. The Labute approximate surface area is 217 Å². The van der Waals surface area contributed by atoms with Crippen LogP contribution in [0.5, 0.6) is 0 Å². The van der Waals surface area contributed by atoms with Gasteiger partial charge in [0.25, 0.3) is 0 Å². The summed E-state index contributed by atoms with van der Waals surface area (Å²) in [6.07, 6.45) is -4.42. The Balaban J connectivity index is 0.00000115. The third kappa shape index (κ3) is 6.25. The number of nitrogens with zero attached hydrogens (tertiary/aromatic N) is 3. The van der Waals surface area contributed by atoms with Crippen molar-refractivity contribution < 1.29 is 27.4 Å². The molecule has 2 aromatic carbocycles. The molecule has 0 atom stereocenters. The first-order valence-corrected chi connectivity index (χ1v) is 12.5. The number of aryl methyl sites for hydroxylation is 1. The molecule has 1 aliphatic heterocycles. The van der Waals surface area contributed by atoms with E-state index in [1.807, 2.05) is 10.6 Å². The number of alkyl halides is 5. The van der Waals surface area contributed by atoms with E-state index in [1.54, 1.807) is 26.0 Å². The smallest absolute Gasteiger partial charge is 0.416 e. The number of fused-ring (bicyclic) bond motifs is 1. The van der Waals surface area contributed by atoms with Crippen molar-refractivity contribution in [3.63, 3.8) is 0 Å². The van der Waals surface area contributed by atoms with Gasteiger partial charge < -0.3 is 18.9 Å². The van der Waals surface area contributed by atoms with Gasteiger partial charge in [-0.2, -0.15) is 13.2 Å². The lowest BCUT2D eigenvalue weighted by molar-refractivity contribution is -0.138. The Morgan fingerprint density at radius 2 is 1.83 bits per heavy atom. The van der Waals surface area contributed by atoms with Crippen LogP contribution in [0.2, 0.25) is 0 Å². The van der Waals surface area contributed by atoms with E-state index in [9.17, 15) is 18.0 Å². The number of carbonyl (C=O) groups is 1. The number of ether oxygens (including phenoxy) is 2. The molecular weight excluding hydrogens is 518 g/mol. The first kappa shape index (κ1) is 28.1. The number of esters is 1. The second-order valence-electron chi connectivity index (χ2n) is 8.11. The van der Waals surface area contributed by atoms with E-state index in [2.05, 4.69) is 9.88 Å². The summed E-state index contributed by atoms with van der Waals surface area (Å²) in [7, 11) is 0. The minimum atomic E-state index is -4.42. The number of morpholine rings is 1.